The molecule has 1 unspecified atom stereocenters. The maximum absolute atomic E-state index is 12.0. The molecule has 0 aromatic heterocycles. The normalized spacial score (nSPS) is 13.3. The van der Waals surface area contributed by atoms with E-state index in [1.54, 1.807) is 38.3 Å². The van der Waals surface area contributed by atoms with E-state index >= 15 is 0 Å². The first-order valence-electron chi connectivity index (χ1n) is 6.71. The molecular formula is C15H22N2O4. The SMILES string of the molecule is COCCC(C)(O)CNC(=O)c1ccc(NC(C)=O)cc1. The summed E-state index contributed by atoms with van der Waals surface area (Å²) in [6, 6.07) is 6.54. The van der Waals surface area contributed by atoms with Crippen LogP contribution in [0.3, 0.4) is 0 Å². The minimum Gasteiger partial charge on any atom is -0.388 e. The lowest BCUT2D eigenvalue weighted by atomic mass is 10.0. The Balaban J connectivity index is 2.53. The van der Waals surface area contributed by atoms with Gasteiger partial charge in [-0.3, -0.25) is 9.59 Å². The van der Waals surface area contributed by atoms with Gasteiger partial charge in [0.15, 0.2) is 0 Å². The molecule has 21 heavy (non-hydrogen) atoms. The Morgan fingerprint density at radius 3 is 2.43 bits per heavy atom. The molecule has 1 rings (SSSR count). The summed E-state index contributed by atoms with van der Waals surface area (Å²) in [6.07, 6.45) is 0.436. The minimum atomic E-state index is -1.01. The second-order valence-corrected chi connectivity index (χ2v) is 5.18. The summed E-state index contributed by atoms with van der Waals surface area (Å²) in [4.78, 5) is 22.9. The van der Waals surface area contributed by atoms with Gasteiger partial charge in [0.05, 0.1) is 5.60 Å². The second-order valence-electron chi connectivity index (χ2n) is 5.18. The van der Waals surface area contributed by atoms with Crippen LogP contribution in [-0.4, -0.2) is 42.8 Å². The summed E-state index contributed by atoms with van der Waals surface area (Å²) in [6.45, 7) is 3.63. The first-order valence-corrected chi connectivity index (χ1v) is 6.71. The van der Waals surface area contributed by atoms with E-state index in [-0.39, 0.29) is 18.4 Å². The summed E-state index contributed by atoms with van der Waals surface area (Å²) < 4.78 is 4.91. The van der Waals surface area contributed by atoms with Crippen LogP contribution < -0.4 is 10.6 Å². The van der Waals surface area contributed by atoms with Crippen LogP contribution in [0, 0.1) is 0 Å². The fraction of sp³-hybridized carbons (Fsp3) is 0.467. The van der Waals surface area contributed by atoms with E-state index < -0.39 is 5.60 Å². The molecule has 6 heteroatoms. The quantitative estimate of drug-likeness (QED) is 0.704. The second kappa shape index (κ2) is 7.75. The number of carbonyl (C=O) groups excluding carboxylic acids is 2. The average molecular weight is 294 g/mol. The minimum absolute atomic E-state index is 0.142. The number of aliphatic hydroxyl groups is 1. The van der Waals surface area contributed by atoms with Crippen molar-refractivity contribution in [3.63, 3.8) is 0 Å². The number of hydrogen-bond acceptors (Lipinski definition) is 4. The Morgan fingerprint density at radius 1 is 1.29 bits per heavy atom. The third-order valence-corrected chi connectivity index (χ3v) is 2.94. The predicted octanol–water partition coefficient (Wildman–Crippen LogP) is 1.16. The van der Waals surface area contributed by atoms with Crippen molar-refractivity contribution in [2.45, 2.75) is 25.9 Å². The number of hydrogen-bond donors (Lipinski definition) is 3. The highest BCUT2D eigenvalue weighted by Crippen LogP contribution is 2.11. The van der Waals surface area contributed by atoms with E-state index in [1.807, 2.05) is 0 Å². The van der Waals surface area contributed by atoms with Crippen LogP contribution in [0.2, 0.25) is 0 Å². The zero-order valence-corrected chi connectivity index (χ0v) is 12.6. The van der Waals surface area contributed by atoms with Crippen molar-refractivity contribution in [1.82, 2.24) is 5.32 Å². The van der Waals surface area contributed by atoms with Crippen LogP contribution in [0.4, 0.5) is 5.69 Å². The van der Waals surface area contributed by atoms with E-state index in [9.17, 15) is 14.7 Å². The van der Waals surface area contributed by atoms with E-state index in [4.69, 9.17) is 4.74 Å². The van der Waals surface area contributed by atoms with Crippen molar-refractivity contribution < 1.29 is 19.4 Å². The van der Waals surface area contributed by atoms with Gasteiger partial charge in [-0.1, -0.05) is 0 Å². The van der Waals surface area contributed by atoms with Gasteiger partial charge in [0.1, 0.15) is 0 Å². The van der Waals surface area contributed by atoms with Crippen LogP contribution in [0.15, 0.2) is 24.3 Å². The zero-order valence-electron chi connectivity index (χ0n) is 12.6. The molecule has 0 spiro atoms. The molecule has 3 N–H and O–H groups in total. The van der Waals surface area contributed by atoms with Crippen LogP contribution in [-0.2, 0) is 9.53 Å². The lowest BCUT2D eigenvalue weighted by molar-refractivity contribution is -0.114. The van der Waals surface area contributed by atoms with Gasteiger partial charge in [0, 0.05) is 44.9 Å². The predicted molar refractivity (Wildman–Crippen MR) is 80.2 cm³/mol. The molecule has 0 aliphatic rings. The molecule has 1 aromatic carbocycles. The average Bonchev–Trinajstić information content (AvgIpc) is 2.43. The van der Waals surface area contributed by atoms with Crippen molar-refractivity contribution in [2.75, 3.05) is 25.6 Å². The summed E-state index contributed by atoms with van der Waals surface area (Å²) in [5.41, 5.74) is 0.0831. The Bertz CT molecular complexity index is 483. The van der Waals surface area contributed by atoms with Crippen molar-refractivity contribution in [2.24, 2.45) is 0 Å². The smallest absolute Gasteiger partial charge is 0.251 e. The Kier molecular flexibility index (Phi) is 6.33. The Hall–Kier alpha value is -1.92. The number of anilines is 1. The van der Waals surface area contributed by atoms with Crippen molar-refractivity contribution in [3.05, 3.63) is 29.8 Å². The number of ether oxygens (including phenoxy) is 1. The number of rotatable bonds is 7. The van der Waals surface area contributed by atoms with E-state index in [2.05, 4.69) is 10.6 Å². The molecule has 1 atom stereocenters. The molecule has 0 aliphatic carbocycles. The number of amides is 2. The molecule has 0 heterocycles. The molecule has 0 radical (unpaired) electrons. The van der Waals surface area contributed by atoms with Crippen molar-refractivity contribution in [1.29, 1.82) is 0 Å². The van der Waals surface area contributed by atoms with Crippen LogP contribution in [0.1, 0.15) is 30.6 Å². The molecule has 0 saturated carbocycles. The van der Waals surface area contributed by atoms with Crippen LogP contribution in [0.5, 0.6) is 0 Å². The van der Waals surface area contributed by atoms with Crippen LogP contribution in [0.25, 0.3) is 0 Å². The Labute approximate surface area is 124 Å². The fourth-order valence-corrected chi connectivity index (χ4v) is 1.69. The molecule has 0 bridgehead atoms. The van der Waals surface area contributed by atoms with E-state index in [0.29, 0.717) is 24.3 Å². The maximum atomic E-state index is 12.0. The number of nitrogens with one attached hydrogen (secondary N) is 2. The summed E-state index contributed by atoms with van der Waals surface area (Å²) in [7, 11) is 1.56. The summed E-state index contributed by atoms with van der Waals surface area (Å²) >= 11 is 0. The largest absolute Gasteiger partial charge is 0.388 e. The van der Waals surface area contributed by atoms with Gasteiger partial charge < -0.3 is 20.5 Å². The highest BCUT2D eigenvalue weighted by atomic mass is 16.5. The molecule has 0 saturated heterocycles. The standard InChI is InChI=1S/C15H22N2O4/c1-11(18)17-13-6-4-12(5-7-13)14(19)16-10-15(2,20)8-9-21-3/h4-7,20H,8-10H2,1-3H3,(H,16,19)(H,17,18). The highest BCUT2D eigenvalue weighted by Gasteiger charge is 2.21. The summed E-state index contributed by atoms with van der Waals surface area (Å²) in [5.74, 6) is -0.441. The van der Waals surface area contributed by atoms with E-state index in [0.717, 1.165) is 0 Å². The number of carbonyl (C=O) groups is 2. The number of benzene rings is 1. The lowest BCUT2D eigenvalue weighted by Crippen LogP contribution is -2.41. The monoisotopic (exact) mass is 294 g/mol. The van der Waals surface area contributed by atoms with Gasteiger partial charge in [0.2, 0.25) is 5.91 Å². The molecule has 0 fully saturated rings. The fourth-order valence-electron chi connectivity index (χ4n) is 1.69. The topological polar surface area (TPSA) is 87.7 Å². The Morgan fingerprint density at radius 2 is 1.90 bits per heavy atom. The third-order valence-electron chi connectivity index (χ3n) is 2.94. The van der Waals surface area contributed by atoms with Crippen LogP contribution >= 0.6 is 0 Å². The molecule has 0 aliphatic heterocycles. The lowest BCUT2D eigenvalue weighted by Gasteiger charge is -2.23. The highest BCUT2D eigenvalue weighted by molar-refractivity contribution is 5.95. The molecule has 6 nitrogen and oxygen atoms in total. The summed E-state index contributed by atoms with van der Waals surface area (Å²) in [5, 5.41) is 15.3. The third kappa shape index (κ3) is 6.37. The molecular weight excluding hydrogens is 272 g/mol. The van der Waals surface area contributed by atoms with Gasteiger partial charge in [-0.05, 0) is 31.2 Å². The molecule has 2 amide bonds. The van der Waals surface area contributed by atoms with Gasteiger partial charge in [0.25, 0.3) is 5.91 Å². The van der Waals surface area contributed by atoms with Gasteiger partial charge >= 0.3 is 0 Å². The van der Waals surface area contributed by atoms with Gasteiger partial charge in [-0.15, -0.1) is 0 Å². The van der Waals surface area contributed by atoms with E-state index in [1.165, 1.54) is 6.92 Å². The molecule has 1 aromatic rings. The number of methoxy groups -OCH3 is 1. The first-order chi connectivity index (χ1) is 9.84. The van der Waals surface area contributed by atoms with Crippen molar-refractivity contribution in [3.8, 4) is 0 Å². The first kappa shape index (κ1) is 17.1. The van der Waals surface area contributed by atoms with Crippen molar-refractivity contribution >= 4 is 17.5 Å². The zero-order chi connectivity index (χ0) is 15.9. The van der Waals surface area contributed by atoms with Gasteiger partial charge in [-0.2, -0.15) is 0 Å². The molecule has 116 valence electrons. The maximum Gasteiger partial charge on any atom is 0.251 e. The van der Waals surface area contributed by atoms with Gasteiger partial charge in [-0.25, -0.2) is 0 Å².